The Balaban J connectivity index is -0.000000213. The average Bonchev–Trinajstić information content (AvgIpc) is 1.77. The summed E-state index contributed by atoms with van der Waals surface area (Å²) in [5, 5.41) is 0. The van der Waals surface area contributed by atoms with Gasteiger partial charge in [0.2, 0.25) is 0 Å². The molecule has 0 aliphatic heterocycles. The first-order valence-corrected chi connectivity index (χ1v) is 2.20. The molecule has 0 atom stereocenters. The van der Waals surface area contributed by atoms with Crippen LogP contribution in [0.3, 0.4) is 0 Å². The number of hydrogen-bond acceptors (Lipinski definition) is 0. The maximum atomic E-state index is 11.9. The van der Waals surface area contributed by atoms with Crippen LogP contribution in [0.5, 0.6) is 0 Å². The number of hydrogen-bond donors (Lipinski definition) is 0. The maximum absolute atomic E-state index is 11.9. The molecule has 0 bridgehead atoms. The minimum absolute atomic E-state index is 0. The number of halogens is 2. The van der Waals surface area contributed by atoms with Crippen LogP contribution in [0.4, 0.5) is 8.78 Å². The van der Waals surface area contributed by atoms with Crippen molar-refractivity contribution in [2.24, 2.45) is 0 Å². The second-order valence-electron chi connectivity index (χ2n) is 1.44. The summed E-state index contributed by atoms with van der Waals surface area (Å²) in [6, 6.07) is 4.31. The molecule has 0 spiro atoms. The molecule has 0 radical (unpaired) electrons. The minimum Gasteiger partial charge on any atom is -1.00 e. The molecule has 0 heterocycles. The van der Waals surface area contributed by atoms with Gasteiger partial charge in [-0.2, -0.15) is 0 Å². The van der Waals surface area contributed by atoms with Crippen LogP contribution in [0.2, 0.25) is 0 Å². The van der Waals surface area contributed by atoms with Crippen molar-refractivity contribution < 1.29 is 11.6 Å². The van der Waals surface area contributed by atoms with E-state index in [1.807, 2.05) is 0 Å². The smallest absolute Gasteiger partial charge is 1.00 e. The van der Waals surface area contributed by atoms with Crippen molar-refractivity contribution >= 4 is 23.1 Å². The van der Waals surface area contributed by atoms with Crippen molar-refractivity contribution in [1.82, 2.24) is 0 Å². The Labute approximate surface area is 71.0 Å². The van der Waals surface area contributed by atoms with E-state index < -0.39 is 11.6 Å². The van der Waals surface area contributed by atoms with Crippen LogP contribution in [-0.2, 0) is 0 Å². The molecule has 0 aromatic heterocycles. The summed E-state index contributed by atoms with van der Waals surface area (Å²) in [6.07, 6.45) is 0. The standard InChI is InChI=1S/C6H4F2.Mg.2H/c7-5-1-2-6(8)4-3-5;;;/h1-4H;;;/q;+2;2*-1. The zero-order valence-corrected chi connectivity index (χ0v) is 6.19. The van der Waals surface area contributed by atoms with Gasteiger partial charge in [-0.3, -0.25) is 0 Å². The molecular formula is C6H6F2Mg. The summed E-state index contributed by atoms with van der Waals surface area (Å²) in [5.74, 6) is -0.821. The third-order valence-corrected chi connectivity index (χ3v) is 0.804. The summed E-state index contributed by atoms with van der Waals surface area (Å²) in [5.41, 5.74) is 0. The van der Waals surface area contributed by atoms with Crippen LogP contribution in [0.15, 0.2) is 24.3 Å². The summed E-state index contributed by atoms with van der Waals surface area (Å²) < 4.78 is 23.8. The molecule has 0 fully saturated rings. The third-order valence-electron chi connectivity index (χ3n) is 0.804. The molecule has 1 aromatic carbocycles. The van der Waals surface area contributed by atoms with Crippen LogP contribution in [0.25, 0.3) is 0 Å². The Hall–Kier alpha value is -0.154. The van der Waals surface area contributed by atoms with Crippen molar-refractivity contribution in [3.63, 3.8) is 0 Å². The zero-order valence-electron chi connectivity index (χ0n) is 6.77. The summed E-state index contributed by atoms with van der Waals surface area (Å²) in [7, 11) is 0. The monoisotopic (exact) mass is 140 g/mol. The Morgan fingerprint density at radius 2 is 1.11 bits per heavy atom. The van der Waals surface area contributed by atoms with Crippen LogP contribution in [-0.4, -0.2) is 23.1 Å². The van der Waals surface area contributed by atoms with Crippen molar-refractivity contribution in [2.75, 3.05) is 0 Å². The molecule has 9 heavy (non-hydrogen) atoms. The molecule has 1 rings (SSSR count). The molecule has 0 aliphatic rings. The average molecular weight is 140 g/mol. The molecule has 0 amide bonds. The van der Waals surface area contributed by atoms with Gasteiger partial charge in [0.25, 0.3) is 0 Å². The van der Waals surface area contributed by atoms with Gasteiger partial charge in [-0.15, -0.1) is 0 Å². The first-order chi connectivity index (χ1) is 3.79. The molecule has 0 N–H and O–H groups in total. The fraction of sp³-hybridized carbons (Fsp3) is 0. The predicted molar refractivity (Wildman–Crippen MR) is 34.3 cm³/mol. The van der Waals surface area contributed by atoms with Gasteiger partial charge in [0.1, 0.15) is 11.6 Å². The Morgan fingerprint density at radius 1 is 0.889 bits per heavy atom. The third kappa shape index (κ3) is 2.77. The molecule has 46 valence electrons. The molecule has 0 saturated heterocycles. The molecular weight excluding hydrogens is 134 g/mol. The topological polar surface area (TPSA) is 0 Å². The molecule has 1 aromatic rings. The maximum Gasteiger partial charge on any atom is 2.00 e. The summed E-state index contributed by atoms with van der Waals surface area (Å²) in [4.78, 5) is 0. The Kier molecular flexibility index (Phi) is 3.73. The Bertz CT molecular complexity index is 157. The van der Waals surface area contributed by atoms with E-state index in [1.165, 1.54) is 0 Å². The van der Waals surface area contributed by atoms with Crippen LogP contribution in [0.1, 0.15) is 2.85 Å². The quantitative estimate of drug-likeness (QED) is 0.482. The van der Waals surface area contributed by atoms with Crippen molar-refractivity contribution in [2.45, 2.75) is 0 Å². The molecule has 3 heteroatoms. The number of benzene rings is 1. The van der Waals surface area contributed by atoms with Gasteiger partial charge in [-0.1, -0.05) is 0 Å². The van der Waals surface area contributed by atoms with Crippen molar-refractivity contribution in [3.05, 3.63) is 35.9 Å². The first kappa shape index (κ1) is 8.85. The van der Waals surface area contributed by atoms with Gasteiger partial charge in [-0.25, -0.2) is 8.78 Å². The molecule has 0 unspecified atom stereocenters. The van der Waals surface area contributed by atoms with E-state index in [1.54, 1.807) is 0 Å². The largest absolute Gasteiger partial charge is 2.00 e. The van der Waals surface area contributed by atoms with Crippen LogP contribution < -0.4 is 0 Å². The summed E-state index contributed by atoms with van der Waals surface area (Å²) in [6.45, 7) is 0. The zero-order chi connectivity index (χ0) is 5.98. The van der Waals surface area contributed by atoms with E-state index >= 15 is 0 Å². The fourth-order valence-corrected chi connectivity index (χ4v) is 0.430. The first-order valence-electron chi connectivity index (χ1n) is 2.20. The summed E-state index contributed by atoms with van der Waals surface area (Å²) >= 11 is 0. The predicted octanol–water partition coefficient (Wildman–Crippen LogP) is 1.81. The van der Waals surface area contributed by atoms with Crippen LogP contribution in [0, 0.1) is 11.6 Å². The SMILES string of the molecule is Fc1ccc(F)cc1.[H-].[H-].[Mg+2]. The van der Waals surface area contributed by atoms with E-state index in [0.717, 1.165) is 24.3 Å². The Morgan fingerprint density at radius 3 is 1.33 bits per heavy atom. The van der Waals surface area contributed by atoms with Gasteiger partial charge in [0, 0.05) is 0 Å². The number of rotatable bonds is 0. The normalized spacial score (nSPS) is 8.22. The van der Waals surface area contributed by atoms with E-state index in [-0.39, 0.29) is 25.9 Å². The second-order valence-corrected chi connectivity index (χ2v) is 1.44. The van der Waals surface area contributed by atoms with Gasteiger partial charge < -0.3 is 2.85 Å². The molecule has 0 nitrogen and oxygen atoms in total. The van der Waals surface area contributed by atoms with Crippen molar-refractivity contribution in [3.8, 4) is 0 Å². The van der Waals surface area contributed by atoms with Gasteiger partial charge in [0.15, 0.2) is 0 Å². The molecule has 0 saturated carbocycles. The van der Waals surface area contributed by atoms with Gasteiger partial charge in [-0.05, 0) is 24.3 Å². The molecule has 0 aliphatic carbocycles. The van der Waals surface area contributed by atoms with Crippen LogP contribution >= 0.6 is 0 Å². The van der Waals surface area contributed by atoms with E-state index in [0.29, 0.717) is 0 Å². The van der Waals surface area contributed by atoms with Crippen molar-refractivity contribution in [1.29, 1.82) is 0 Å². The second kappa shape index (κ2) is 3.79. The van der Waals surface area contributed by atoms with E-state index in [4.69, 9.17) is 0 Å². The fourth-order valence-electron chi connectivity index (χ4n) is 0.430. The van der Waals surface area contributed by atoms with E-state index in [9.17, 15) is 8.78 Å². The van der Waals surface area contributed by atoms with E-state index in [2.05, 4.69) is 0 Å². The minimum atomic E-state index is -0.411. The van der Waals surface area contributed by atoms with Gasteiger partial charge in [0.05, 0.1) is 0 Å². The van der Waals surface area contributed by atoms with Gasteiger partial charge >= 0.3 is 23.1 Å².